The lowest BCUT2D eigenvalue weighted by atomic mass is 9.85. The van der Waals surface area contributed by atoms with E-state index in [1.807, 2.05) is 11.4 Å². The van der Waals surface area contributed by atoms with Crippen LogP contribution in [0.5, 0.6) is 0 Å². The van der Waals surface area contributed by atoms with Crippen molar-refractivity contribution in [1.82, 2.24) is 10.2 Å². The molecule has 0 saturated carbocycles. The van der Waals surface area contributed by atoms with E-state index in [2.05, 4.69) is 10.2 Å². The van der Waals surface area contributed by atoms with Gasteiger partial charge in [-0.1, -0.05) is 0 Å². The van der Waals surface area contributed by atoms with Crippen LogP contribution in [0.25, 0.3) is 0 Å². The van der Waals surface area contributed by atoms with Crippen LogP contribution in [0.1, 0.15) is 34.5 Å². The number of hydrogen-bond donors (Lipinski definition) is 2. The molecule has 3 heterocycles. The van der Waals surface area contributed by atoms with Crippen molar-refractivity contribution < 1.29 is 14.7 Å². The van der Waals surface area contributed by atoms with Crippen LogP contribution in [0.15, 0.2) is 11.4 Å². The van der Waals surface area contributed by atoms with Gasteiger partial charge < -0.3 is 10.4 Å². The number of likely N-dealkylation sites (tertiary alicyclic amines) is 1. The lowest BCUT2D eigenvalue weighted by Gasteiger charge is -2.41. The summed E-state index contributed by atoms with van der Waals surface area (Å²) >= 11 is 1.29. The number of hydrogen-bond acceptors (Lipinski definition) is 4. The van der Waals surface area contributed by atoms with E-state index in [1.54, 1.807) is 0 Å². The fourth-order valence-corrected chi connectivity index (χ4v) is 3.97. The van der Waals surface area contributed by atoms with Gasteiger partial charge in [0, 0.05) is 32.1 Å². The van der Waals surface area contributed by atoms with Crippen LogP contribution < -0.4 is 5.32 Å². The van der Waals surface area contributed by atoms with Crippen molar-refractivity contribution in [2.24, 2.45) is 5.92 Å². The zero-order valence-electron chi connectivity index (χ0n) is 11.2. The summed E-state index contributed by atoms with van der Waals surface area (Å²) in [4.78, 5) is 25.3. The van der Waals surface area contributed by atoms with Gasteiger partial charge in [0.2, 0.25) is 5.91 Å². The molecule has 1 aromatic heterocycles. The summed E-state index contributed by atoms with van der Waals surface area (Å²) in [6.07, 6.45) is 2.53. The van der Waals surface area contributed by atoms with E-state index in [-0.39, 0.29) is 5.91 Å². The lowest BCUT2D eigenvalue weighted by molar-refractivity contribution is -0.125. The standard InChI is InChI=1S/C14H18N2O3S/c17-12-2-1-9-7-16(5-3-11(9)15-12)8-10-4-6-20-13(10)14(18)19/h4,6,9,11H,1-3,5,7-8H2,(H,15,17)(H,18,19). The number of piperidine rings is 2. The summed E-state index contributed by atoms with van der Waals surface area (Å²) in [6.45, 7) is 2.55. The van der Waals surface area contributed by atoms with Gasteiger partial charge in [0.15, 0.2) is 0 Å². The Hall–Kier alpha value is -1.40. The first kappa shape index (κ1) is 13.6. The van der Waals surface area contributed by atoms with Crippen LogP contribution in [-0.4, -0.2) is 41.0 Å². The number of thiophene rings is 1. The van der Waals surface area contributed by atoms with Gasteiger partial charge in [-0.05, 0) is 35.8 Å². The summed E-state index contributed by atoms with van der Waals surface area (Å²) in [5.74, 6) is -0.158. The third-order valence-corrected chi connectivity index (χ3v) is 5.19. The molecule has 2 atom stereocenters. The molecule has 1 aromatic rings. The first-order valence-corrected chi connectivity index (χ1v) is 7.83. The molecule has 0 radical (unpaired) electrons. The van der Waals surface area contributed by atoms with Crippen LogP contribution in [0, 0.1) is 5.92 Å². The van der Waals surface area contributed by atoms with E-state index >= 15 is 0 Å². The van der Waals surface area contributed by atoms with Crippen LogP contribution in [-0.2, 0) is 11.3 Å². The molecule has 0 spiro atoms. The molecule has 2 saturated heterocycles. The van der Waals surface area contributed by atoms with E-state index in [4.69, 9.17) is 5.11 Å². The molecule has 2 aliphatic heterocycles. The molecule has 0 bridgehead atoms. The number of carboxylic acid groups (broad SMARTS) is 1. The predicted octanol–water partition coefficient (Wildman–Crippen LogP) is 1.55. The highest BCUT2D eigenvalue weighted by molar-refractivity contribution is 7.12. The third-order valence-electron chi connectivity index (χ3n) is 4.24. The fourth-order valence-electron chi connectivity index (χ4n) is 3.22. The quantitative estimate of drug-likeness (QED) is 0.887. The summed E-state index contributed by atoms with van der Waals surface area (Å²) in [5.41, 5.74) is 0.904. The molecule has 6 heteroatoms. The molecule has 2 N–H and O–H groups in total. The number of nitrogens with zero attached hydrogens (tertiary/aromatic N) is 1. The van der Waals surface area contributed by atoms with Crippen molar-refractivity contribution >= 4 is 23.2 Å². The van der Waals surface area contributed by atoms with Crippen LogP contribution >= 0.6 is 11.3 Å². The molecule has 2 aliphatic rings. The number of nitrogens with one attached hydrogen (secondary N) is 1. The average molecular weight is 294 g/mol. The monoisotopic (exact) mass is 294 g/mol. The van der Waals surface area contributed by atoms with Crippen molar-refractivity contribution in [2.45, 2.75) is 31.8 Å². The van der Waals surface area contributed by atoms with Crippen LogP contribution in [0.4, 0.5) is 0 Å². The Balaban J connectivity index is 1.64. The van der Waals surface area contributed by atoms with Gasteiger partial charge in [-0.15, -0.1) is 11.3 Å². The Labute approximate surface area is 121 Å². The van der Waals surface area contributed by atoms with Gasteiger partial charge in [-0.3, -0.25) is 9.69 Å². The van der Waals surface area contributed by atoms with Gasteiger partial charge in [0.25, 0.3) is 0 Å². The second kappa shape index (κ2) is 5.54. The molecule has 2 fully saturated rings. The van der Waals surface area contributed by atoms with Gasteiger partial charge in [-0.25, -0.2) is 4.79 Å². The summed E-state index contributed by atoms with van der Waals surface area (Å²) in [6, 6.07) is 2.22. The number of carboxylic acids is 1. The highest BCUT2D eigenvalue weighted by Gasteiger charge is 2.33. The number of carbonyl (C=O) groups excluding carboxylic acids is 1. The van der Waals surface area contributed by atoms with E-state index in [0.717, 1.165) is 31.5 Å². The Morgan fingerprint density at radius 3 is 3.15 bits per heavy atom. The zero-order valence-corrected chi connectivity index (χ0v) is 12.0. The molecule has 108 valence electrons. The second-order valence-electron chi connectivity index (χ2n) is 5.58. The topological polar surface area (TPSA) is 69.6 Å². The van der Waals surface area contributed by atoms with E-state index in [9.17, 15) is 9.59 Å². The van der Waals surface area contributed by atoms with E-state index in [1.165, 1.54) is 11.3 Å². The molecular weight excluding hydrogens is 276 g/mol. The van der Waals surface area contributed by atoms with Crippen molar-refractivity contribution in [2.75, 3.05) is 13.1 Å². The van der Waals surface area contributed by atoms with Gasteiger partial charge in [0.05, 0.1) is 0 Å². The first-order chi connectivity index (χ1) is 9.63. The second-order valence-corrected chi connectivity index (χ2v) is 6.49. The van der Waals surface area contributed by atoms with Gasteiger partial charge >= 0.3 is 5.97 Å². The minimum absolute atomic E-state index is 0.172. The molecule has 5 nitrogen and oxygen atoms in total. The molecule has 1 amide bonds. The Morgan fingerprint density at radius 1 is 1.50 bits per heavy atom. The van der Waals surface area contributed by atoms with Crippen molar-refractivity contribution in [3.63, 3.8) is 0 Å². The Kier molecular flexibility index (Phi) is 3.76. The van der Waals surface area contributed by atoms with Crippen molar-refractivity contribution in [3.05, 3.63) is 21.9 Å². The number of fused-ring (bicyclic) bond motifs is 1. The predicted molar refractivity (Wildman–Crippen MR) is 75.8 cm³/mol. The maximum atomic E-state index is 11.4. The Morgan fingerprint density at radius 2 is 2.35 bits per heavy atom. The number of aromatic carboxylic acids is 1. The highest BCUT2D eigenvalue weighted by Crippen LogP contribution is 2.27. The summed E-state index contributed by atoms with van der Waals surface area (Å²) in [5, 5.41) is 14.1. The lowest BCUT2D eigenvalue weighted by Crippen LogP contribution is -2.53. The minimum Gasteiger partial charge on any atom is -0.477 e. The molecule has 0 aromatic carbocycles. The number of amides is 1. The smallest absolute Gasteiger partial charge is 0.346 e. The minimum atomic E-state index is -0.838. The maximum Gasteiger partial charge on any atom is 0.346 e. The zero-order chi connectivity index (χ0) is 14.1. The normalized spacial score (nSPS) is 26.9. The highest BCUT2D eigenvalue weighted by atomic mass is 32.1. The largest absolute Gasteiger partial charge is 0.477 e. The van der Waals surface area contributed by atoms with E-state index in [0.29, 0.717) is 29.8 Å². The van der Waals surface area contributed by atoms with Crippen molar-refractivity contribution in [1.29, 1.82) is 0 Å². The molecule has 2 unspecified atom stereocenters. The molecular formula is C14H18N2O3S. The fraction of sp³-hybridized carbons (Fsp3) is 0.571. The van der Waals surface area contributed by atoms with Gasteiger partial charge in [0.1, 0.15) is 4.88 Å². The van der Waals surface area contributed by atoms with Crippen LogP contribution in [0.3, 0.4) is 0 Å². The summed E-state index contributed by atoms with van der Waals surface area (Å²) in [7, 11) is 0. The number of carbonyl (C=O) groups is 2. The molecule has 0 aliphatic carbocycles. The number of rotatable bonds is 3. The SMILES string of the molecule is O=C1CCC2CN(Cc3ccsc3C(=O)O)CCC2N1. The van der Waals surface area contributed by atoms with Gasteiger partial charge in [-0.2, -0.15) is 0 Å². The Bertz CT molecular complexity index is 528. The molecule has 3 rings (SSSR count). The maximum absolute atomic E-state index is 11.4. The third kappa shape index (κ3) is 2.71. The van der Waals surface area contributed by atoms with Crippen molar-refractivity contribution in [3.8, 4) is 0 Å². The average Bonchev–Trinajstić information content (AvgIpc) is 2.87. The van der Waals surface area contributed by atoms with Crippen LogP contribution in [0.2, 0.25) is 0 Å². The molecule has 20 heavy (non-hydrogen) atoms. The summed E-state index contributed by atoms with van der Waals surface area (Å²) < 4.78 is 0. The van der Waals surface area contributed by atoms with E-state index < -0.39 is 5.97 Å². The first-order valence-electron chi connectivity index (χ1n) is 6.95.